The van der Waals surface area contributed by atoms with E-state index in [4.69, 9.17) is 4.52 Å². The molecule has 4 aromatic rings. The van der Waals surface area contributed by atoms with Gasteiger partial charge in [-0.3, -0.25) is 4.90 Å². The second-order valence-corrected chi connectivity index (χ2v) is 12.0. The molecule has 0 radical (unpaired) electrons. The molecule has 5 rings (SSSR count). The van der Waals surface area contributed by atoms with Gasteiger partial charge in [-0.25, -0.2) is 0 Å². The number of alkyl halides is 8. The van der Waals surface area contributed by atoms with Crippen molar-refractivity contribution in [1.29, 1.82) is 0 Å². The van der Waals surface area contributed by atoms with Gasteiger partial charge in [-0.1, -0.05) is 29.8 Å². The second kappa shape index (κ2) is 13.8. The number of piperidine rings is 1. The van der Waals surface area contributed by atoms with Crippen molar-refractivity contribution in [2.45, 2.75) is 76.4 Å². The van der Waals surface area contributed by atoms with Crippen LogP contribution >= 0.6 is 0 Å². The Kier molecular flexibility index (Phi) is 10.1. The third kappa shape index (κ3) is 8.25. The summed E-state index contributed by atoms with van der Waals surface area (Å²) in [6.45, 7) is 7.08. The fraction of sp³-hybridized carbons (Fsp3) is 0.469. The van der Waals surface area contributed by atoms with Crippen LogP contribution in [-0.4, -0.2) is 48.3 Å². The maximum atomic E-state index is 14.6. The van der Waals surface area contributed by atoms with E-state index in [2.05, 4.69) is 37.0 Å². The standard InChI is InChI=1S/C32H34F8N8O/c1-5-27(47-11-9-21(10-12-47)28-41-19(3)49-44-28)26-8-7-23(31(35,36)37)15-22(26)18-48(29-42-45-46(4)43-29)17-20-13-24(30(33,34)6-2)16-25(14-20)32(38,39)40/h6-8,13-16,21,27H,2,5,9-12,17-18H2,1,3-4H3. The minimum absolute atomic E-state index is 0.0577. The predicted molar refractivity (Wildman–Crippen MR) is 161 cm³/mol. The minimum Gasteiger partial charge on any atom is -0.340 e. The lowest BCUT2D eigenvalue weighted by Crippen LogP contribution is -2.37. The molecule has 1 aliphatic rings. The summed E-state index contributed by atoms with van der Waals surface area (Å²) < 4.78 is 118. The van der Waals surface area contributed by atoms with Gasteiger partial charge in [0.25, 0.3) is 11.9 Å². The molecule has 2 aromatic heterocycles. The van der Waals surface area contributed by atoms with Crippen LogP contribution in [0.4, 0.5) is 41.1 Å². The number of nitrogens with zero attached hydrogens (tertiary/aromatic N) is 8. The molecule has 49 heavy (non-hydrogen) atoms. The molecule has 17 heteroatoms. The minimum atomic E-state index is -4.96. The summed E-state index contributed by atoms with van der Waals surface area (Å²) in [6.07, 6.45) is -7.52. The molecule has 0 bridgehead atoms. The fourth-order valence-electron chi connectivity index (χ4n) is 6.15. The van der Waals surface area contributed by atoms with E-state index in [-0.39, 0.29) is 41.7 Å². The molecule has 3 heterocycles. The SMILES string of the molecule is C=CC(F)(F)c1cc(CN(Cc2cc(C(F)(F)F)ccc2C(CC)N2CCC(c3noc(C)n3)CC2)c2nnn(C)n2)cc(C(F)(F)F)c1. The van der Waals surface area contributed by atoms with Gasteiger partial charge in [-0.05, 0) is 90.7 Å². The van der Waals surface area contributed by atoms with E-state index in [9.17, 15) is 35.1 Å². The lowest BCUT2D eigenvalue weighted by molar-refractivity contribution is -0.138. The summed E-state index contributed by atoms with van der Waals surface area (Å²) in [5, 5.41) is 15.9. The topological polar surface area (TPSA) is 89.0 Å². The van der Waals surface area contributed by atoms with Crippen molar-refractivity contribution >= 4 is 5.95 Å². The molecule has 0 saturated carbocycles. The average molecular weight is 699 g/mol. The largest absolute Gasteiger partial charge is 0.416 e. The van der Waals surface area contributed by atoms with E-state index in [0.717, 1.165) is 23.0 Å². The van der Waals surface area contributed by atoms with Crippen molar-refractivity contribution in [1.82, 2.24) is 35.2 Å². The van der Waals surface area contributed by atoms with Gasteiger partial charge in [0.1, 0.15) is 0 Å². The van der Waals surface area contributed by atoms with E-state index in [1.165, 1.54) is 18.0 Å². The average Bonchev–Trinajstić information content (AvgIpc) is 3.69. The summed E-state index contributed by atoms with van der Waals surface area (Å²) in [6, 6.07) is 5.04. The highest BCUT2D eigenvalue weighted by molar-refractivity contribution is 5.42. The van der Waals surface area contributed by atoms with Gasteiger partial charge in [0, 0.05) is 37.5 Å². The molecule has 1 aliphatic heterocycles. The number of anilines is 1. The lowest BCUT2D eigenvalue weighted by atomic mass is 9.90. The van der Waals surface area contributed by atoms with E-state index in [1.807, 2.05) is 6.92 Å². The van der Waals surface area contributed by atoms with Gasteiger partial charge >= 0.3 is 12.4 Å². The molecular formula is C32H34F8N8O. The number of hydrogen-bond acceptors (Lipinski definition) is 8. The number of benzene rings is 2. The maximum absolute atomic E-state index is 14.6. The van der Waals surface area contributed by atoms with E-state index < -0.39 is 41.5 Å². The number of aryl methyl sites for hydroxylation is 2. The first-order valence-corrected chi connectivity index (χ1v) is 15.4. The van der Waals surface area contributed by atoms with Crippen LogP contribution in [0.5, 0.6) is 0 Å². The van der Waals surface area contributed by atoms with Gasteiger partial charge in [-0.2, -0.15) is 44.9 Å². The molecule has 0 aliphatic carbocycles. The Bertz CT molecular complexity index is 1760. The van der Waals surface area contributed by atoms with Crippen molar-refractivity contribution in [3.8, 4) is 0 Å². The van der Waals surface area contributed by atoms with E-state index >= 15 is 0 Å². The summed E-state index contributed by atoms with van der Waals surface area (Å²) >= 11 is 0. The Morgan fingerprint density at radius 2 is 1.63 bits per heavy atom. The molecule has 1 unspecified atom stereocenters. The molecule has 264 valence electrons. The second-order valence-electron chi connectivity index (χ2n) is 12.0. The number of hydrogen-bond donors (Lipinski definition) is 0. The molecule has 2 aromatic carbocycles. The number of aromatic nitrogens is 6. The van der Waals surface area contributed by atoms with E-state index in [1.54, 1.807) is 6.92 Å². The molecular weight excluding hydrogens is 664 g/mol. The number of likely N-dealkylation sites (tertiary alicyclic amines) is 1. The van der Waals surface area contributed by atoms with Crippen molar-refractivity contribution < 1.29 is 39.6 Å². The smallest absolute Gasteiger partial charge is 0.340 e. The molecule has 1 atom stereocenters. The third-order valence-corrected chi connectivity index (χ3v) is 8.57. The Balaban J connectivity index is 1.53. The Morgan fingerprint density at radius 1 is 0.959 bits per heavy atom. The first kappa shape index (κ1) is 35.9. The monoisotopic (exact) mass is 698 g/mol. The van der Waals surface area contributed by atoms with Crippen LogP contribution < -0.4 is 4.90 Å². The van der Waals surface area contributed by atoms with Crippen LogP contribution in [0, 0.1) is 6.92 Å². The Morgan fingerprint density at radius 3 is 2.18 bits per heavy atom. The van der Waals surface area contributed by atoms with Crippen molar-refractivity contribution in [2.75, 3.05) is 18.0 Å². The first-order chi connectivity index (χ1) is 23.0. The quantitative estimate of drug-likeness (QED) is 0.116. The normalized spacial score (nSPS) is 15.8. The zero-order valence-corrected chi connectivity index (χ0v) is 26.9. The number of rotatable bonds is 11. The van der Waals surface area contributed by atoms with Crippen LogP contribution in [0.25, 0.3) is 0 Å². The predicted octanol–water partition coefficient (Wildman–Crippen LogP) is 7.75. The van der Waals surface area contributed by atoms with Crippen LogP contribution in [-0.2, 0) is 38.4 Å². The summed E-state index contributed by atoms with van der Waals surface area (Å²) in [4.78, 5) is 8.88. The van der Waals surface area contributed by atoms with Crippen LogP contribution in [0.2, 0.25) is 0 Å². The first-order valence-electron chi connectivity index (χ1n) is 15.4. The van der Waals surface area contributed by atoms with Crippen molar-refractivity contribution in [2.24, 2.45) is 7.05 Å². The Hall–Kier alpha value is -4.41. The lowest BCUT2D eigenvalue weighted by Gasteiger charge is -2.38. The molecule has 1 fully saturated rings. The highest BCUT2D eigenvalue weighted by Crippen LogP contribution is 2.39. The fourth-order valence-corrected chi connectivity index (χ4v) is 6.15. The number of allylic oxidation sites excluding steroid dienone is 1. The molecule has 0 spiro atoms. The van der Waals surface area contributed by atoms with Crippen molar-refractivity contribution in [3.05, 3.63) is 94.1 Å². The van der Waals surface area contributed by atoms with Gasteiger partial charge in [0.05, 0.1) is 18.2 Å². The highest BCUT2D eigenvalue weighted by Gasteiger charge is 2.37. The molecule has 0 amide bonds. The summed E-state index contributed by atoms with van der Waals surface area (Å²) in [5.74, 6) is -2.79. The molecule has 0 N–H and O–H groups in total. The number of halogens is 8. The van der Waals surface area contributed by atoms with Gasteiger partial charge in [-0.15, -0.1) is 5.10 Å². The third-order valence-electron chi connectivity index (χ3n) is 8.57. The zero-order valence-electron chi connectivity index (χ0n) is 26.9. The summed E-state index contributed by atoms with van der Waals surface area (Å²) in [5.41, 5.74) is -2.59. The Labute approximate surface area is 276 Å². The molecule has 1 saturated heterocycles. The highest BCUT2D eigenvalue weighted by atomic mass is 19.4. The molecule has 9 nitrogen and oxygen atoms in total. The number of tetrazole rings is 1. The van der Waals surface area contributed by atoms with Gasteiger partial charge in [0.15, 0.2) is 5.82 Å². The maximum Gasteiger partial charge on any atom is 0.416 e. The van der Waals surface area contributed by atoms with Crippen LogP contribution in [0.1, 0.15) is 83.2 Å². The van der Waals surface area contributed by atoms with E-state index in [0.29, 0.717) is 61.8 Å². The van der Waals surface area contributed by atoms with Crippen LogP contribution in [0.15, 0.2) is 53.6 Å². The van der Waals surface area contributed by atoms with Gasteiger partial charge < -0.3 is 9.42 Å². The van der Waals surface area contributed by atoms with Crippen LogP contribution in [0.3, 0.4) is 0 Å². The summed E-state index contributed by atoms with van der Waals surface area (Å²) in [7, 11) is 1.43. The van der Waals surface area contributed by atoms with Gasteiger partial charge in [0.2, 0.25) is 5.89 Å². The van der Waals surface area contributed by atoms with Crippen molar-refractivity contribution in [3.63, 3.8) is 0 Å². The zero-order chi connectivity index (χ0) is 35.7.